The molecular weight excluding hydrogens is 384 g/mol. The summed E-state index contributed by atoms with van der Waals surface area (Å²) in [4.78, 5) is 17.0. The molecule has 1 aliphatic carbocycles. The Morgan fingerprint density at radius 1 is 1.24 bits per heavy atom. The number of thioether (sulfide) groups is 1. The summed E-state index contributed by atoms with van der Waals surface area (Å²) >= 11 is 1.53. The molecule has 0 atom stereocenters. The van der Waals surface area contributed by atoms with Gasteiger partial charge in [0.15, 0.2) is 0 Å². The fourth-order valence-corrected chi connectivity index (χ4v) is 3.94. The third-order valence-corrected chi connectivity index (χ3v) is 5.85. The van der Waals surface area contributed by atoms with Crippen LogP contribution in [0.2, 0.25) is 0 Å². The van der Waals surface area contributed by atoms with Gasteiger partial charge in [-0.05, 0) is 65.7 Å². The van der Waals surface area contributed by atoms with Gasteiger partial charge in [0.2, 0.25) is 0 Å². The van der Waals surface area contributed by atoms with Gasteiger partial charge < -0.3 is 9.84 Å². The maximum absolute atomic E-state index is 12.7. The molecule has 0 saturated carbocycles. The molecule has 0 fully saturated rings. The lowest BCUT2D eigenvalue weighted by Gasteiger charge is -2.19. The van der Waals surface area contributed by atoms with E-state index in [2.05, 4.69) is 4.99 Å². The summed E-state index contributed by atoms with van der Waals surface area (Å²) in [5.74, 6) is 0.535. The van der Waals surface area contributed by atoms with E-state index in [1.807, 2.05) is 48.7 Å². The first-order valence-electron chi connectivity index (χ1n) is 9.48. The topological polar surface area (TPSA) is 63.8 Å². The van der Waals surface area contributed by atoms with Gasteiger partial charge in [0.05, 0.1) is 6.61 Å². The van der Waals surface area contributed by atoms with Crippen molar-refractivity contribution < 1.29 is 9.84 Å². The van der Waals surface area contributed by atoms with Crippen molar-refractivity contribution in [2.24, 2.45) is 4.99 Å². The second-order valence-electron chi connectivity index (χ2n) is 7.00. The summed E-state index contributed by atoms with van der Waals surface area (Å²) in [6, 6.07) is 9.27. The highest BCUT2D eigenvalue weighted by Gasteiger charge is 2.14. The zero-order valence-electron chi connectivity index (χ0n) is 16.2. The van der Waals surface area contributed by atoms with Gasteiger partial charge >= 0.3 is 0 Å². The minimum atomic E-state index is -0.115. The largest absolute Gasteiger partial charge is 0.486 e. The molecule has 0 radical (unpaired) electrons. The van der Waals surface area contributed by atoms with Crippen molar-refractivity contribution in [3.8, 4) is 5.75 Å². The maximum atomic E-state index is 12.7. The molecule has 5 nitrogen and oxygen atoms in total. The van der Waals surface area contributed by atoms with E-state index in [9.17, 15) is 9.90 Å². The molecule has 0 saturated heterocycles. The van der Waals surface area contributed by atoms with Crippen molar-refractivity contribution >= 4 is 28.6 Å². The molecule has 4 rings (SSSR count). The van der Waals surface area contributed by atoms with E-state index in [1.165, 1.54) is 23.4 Å². The Labute approximate surface area is 173 Å². The van der Waals surface area contributed by atoms with Crippen molar-refractivity contribution in [3.63, 3.8) is 0 Å². The Balaban J connectivity index is 1.49. The van der Waals surface area contributed by atoms with Gasteiger partial charge in [-0.2, -0.15) is 0 Å². The van der Waals surface area contributed by atoms with E-state index in [4.69, 9.17) is 4.74 Å². The van der Waals surface area contributed by atoms with Crippen molar-refractivity contribution in [2.45, 2.75) is 26.4 Å². The molecule has 0 bridgehead atoms. The molecule has 1 N–H and O–H groups in total. The van der Waals surface area contributed by atoms with Crippen LogP contribution in [-0.4, -0.2) is 21.3 Å². The minimum absolute atomic E-state index is 0.0435. The Morgan fingerprint density at radius 3 is 2.97 bits per heavy atom. The summed E-state index contributed by atoms with van der Waals surface area (Å²) in [7, 11) is 0. The quantitative estimate of drug-likeness (QED) is 0.807. The first kappa shape index (κ1) is 19.5. The summed E-state index contributed by atoms with van der Waals surface area (Å²) in [5, 5.41) is 12.2. The lowest BCUT2D eigenvalue weighted by atomic mass is 9.93. The van der Waals surface area contributed by atoms with Crippen molar-refractivity contribution in [3.05, 3.63) is 86.8 Å². The molecule has 2 aromatic rings. The van der Waals surface area contributed by atoms with Gasteiger partial charge in [-0.1, -0.05) is 30.0 Å². The first-order valence-corrected chi connectivity index (χ1v) is 10.4. The highest BCUT2D eigenvalue weighted by Crippen LogP contribution is 2.27. The van der Waals surface area contributed by atoms with Crippen LogP contribution in [0.3, 0.4) is 0 Å². The van der Waals surface area contributed by atoms with Gasteiger partial charge in [-0.25, -0.2) is 0 Å². The molecular formula is C23H22N2O3S. The van der Waals surface area contributed by atoms with Crippen LogP contribution in [0.5, 0.6) is 5.75 Å². The van der Waals surface area contributed by atoms with Gasteiger partial charge in [0.1, 0.15) is 17.4 Å². The summed E-state index contributed by atoms with van der Waals surface area (Å²) < 4.78 is 7.44. The van der Waals surface area contributed by atoms with Crippen molar-refractivity contribution in [1.82, 2.24) is 4.57 Å². The molecule has 6 heteroatoms. The number of aliphatic hydroxyl groups is 1. The van der Waals surface area contributed by atoms with Crippen molar-refractivity contribution in [2.75, 3.05) is 6.61 Å². The second-order valence-corrected chi connectivity index (χ2v) is 7.95. The van der Waals surface area contributed by atoms with E-state index in [0.717, 1.165) is 40.3 Å². The van der Waals surface area contributed by atoms with Crippen LogP contribution in [0.4, 0.5) is 0 Å². The average molecular weight is 407 g/mol. The van der Waals surface area contributed by atoms with Gasteiger partial charge in [-0.3, -0.25) is 14.4 Å². The molecule has 1 aliphatic heterocycles. The molecule has 2 aliphatic rings. The van der Waals surface area contributed by atoms with Gasteiger partial charge in [0, 0.05) is 24.2 Å². The van der Waals surface area contributed by atoms with Crippen LogP contribution in [0, 0.1) is 0 Å². The average Bonchev–Trinajstić information content (AvgIpc) is 2.95. The van der Waals surface area contributed by atoms with Crippen LogP contribution in [0.1, 0.15) is 30.0 Å². The van der Waals surface area contributed by atoms with Crippen LogP contribution >= 0.6 is 11.8 Å². The predicted octanol–water partition coefficient (Wildman–Crippen LogP) is 4.23. The standard InChI is InChI=1S/C23H22N2O3S/c1-16-6-8-24-22(29-15-16)14-28-21-7-9-25(23(27)12-21)20-5-4-18-10-17(13-26)2-3-19(18)11-20/h2-3,6-12,15,26H,4-5,13-14H2,1H3. The summed E-state index contributed by atoms with van der Waals surface area (Å²) in [5.41, 5.74) is 5.20. The number of hydrogen-bond donors (Lipinski definition) is 1. The van der Waals surface area contributed by atoms with Gasteiger partial charge in [-0.15, -0.1) is 0 Å². The predicted molar refractivity (Wildman–Crippen MR) is 119 cm³/mol. The second kappa shape index (κ2) is 8.68. The first-order chi connectivity index (χ1) is 14.1. The molecule has 2 heterocycles. The van der Waals surface area contributed by atoms with E-state index in [-0.39, 0.29) is 12.2 Å². The van der Waals surface area contributed by atoms with Crippen LogP contribution < -0.4 is 10.3 Å². The summed E-state index contributed by atoms with van der Waals surface area (Å²) in [6.07, 6.45) is 9.13. The lowest BCUT2D eigenvalue weighted by Crippen LogP contribution is -2.20. The molecule has 0 spiro atoms. The van der Waals surface area contributed by atoms with E-state index >= 15 is 0 Å². The van der Waals surface area contributed by atoms with Gasteiger partial charge in [0.25, 0.3) is 5.56 Å². The molecule has 0 unspecified atom stereocenters. The highest BCUT2D eigenvalue weighted by atomic mass is 32.2. The number of aryl methyl sites for hydroxylation is 1. The Hall–Kier alpha value is -2.83. The zero-order valence-corrected chi connectivity index (χ0v) is 17.0. The maximum Gasteiger partial charge on any atom is 0.258 e. The molecule has 148 valence electrons. The molecule has 0 amide bonds. The number of aliphatic hydroxyl groups excluding tert-OH is 1. The SMILES string of the molecule is CC1=CSC(COc2ccn(C3=Cc4ccc(CO)cc4CC3)c(=O)c2)=NC=C1. The lowest BCUT2D eigenvalue weighted by molar-refractivity contribution is 0.281. The number of rotatable bonds is 5. The number of fused-ring (bicyclic) bond motifs is 1. The Bertz CT molecular complexity index is 1110. The smallest absolute Gasteiger partial charge is 0.258 e. The fraction of sp³-hybridized carbons (Fsp3) is 0.217. The van der Waals surface area contributed by atoms with E-state index in [0.29, 0.717) is 12.4 Å². The minimum Gasteiger partial charge on any atom is -0.486 e. The van der Waals surface area contributed by atoms with Crippen LogP contribution in [-0.2, 0) is 13.0 Å². The molecule has 29 heavy (non-hydrogen) atoms. The number of aliphatic imine (C=N–C) groups is 1. The number of aromatic nitrogens is 1. The fourth-order valence-electron chi connectivity index (χ4n) is 3.29. The Morgan fingerprint density at radius 2 is 2.14 bits per heavy atom. The molecule has 1 aromatic heterocycles. The van der Waals surface area contributed by atoms with E-state index < -0.39 is 0 Å². The number of pyridine rings is 1. The summed E-state index contributed by atoms with van der Waals surface area (Å²) in [6.45, 7) is 2.39. The highest BCUT2D eigenvalue weighted by molar-refractivity contribution is 8.16. The van der Waals surface area contributed by atoms with Crippen LogP contribution in [0.15, 0.2) is 69.6 Å². The number of benzene rings is 1. The zero-order chi connectivity index (χ0) is 20.2. The number of allylic oxidation sites excluding steroid dienone is 3. The van der Waals surface area contributed by atoms with Crippen LogP contribution in [0.25, 0.3) is 11.8 Å². The number of ether oxygens (including phenoxy) is 1. The third kappa shape index (κ3) is 4.60. The molecule has 1 aromatic carbocycles. The monoisotopic (exact) mass is 406 g/mol. The Kier molecular flexibility index (Phi) is 5.83. The normalized spacial score (nSPS) is 15.7. The van der Waals surface area contributed by atoms with Crippen molar-refractivity contribution in [1.29, 1.82) is 0 Å². The third-order valence-electron chi connectivity index (χ3n) is 4.86. The van der Waals surface area contributed by atoms with E-state index in [1.54, 1.807) is 17.0 Å². The number of nitrogens with zero attached hydrogens (tertiary/aromatic N) is 2. The number of hydrogen-bond acceptors (Lipinski definition) is 5.